The second kappa shape index (κ2) is 6.45. The van der Waals surface area contributed by atoms with Gasteiger partial charge in [0.15, 0.2) is 0 Å². The highest BCUT2D eigenvalue weighted by atomic mass is 19.4. The topological polar surface area (TPSA) is 41.5 Å². The van der Waals surface area contributed by atoms with Crippen LogP contribution in [0.25, 0.3) is 0 Å². The summed E-state index contributed by atoms with van der Waals surface area (Å²) < 4.78 is 39.9. The van der Waals surface area contributed by atoms with Crippen molar-refractivity contribution in [2.75, 3.05) is 6.61 Å². The number of hydrogen-bond donors (Lipinski definition) is 2. The minimum absolute atomic E-state index is 0.145. The summed E-state index contributed by atoms with van der Waals surface area (Å²) in [7, 11) is 0. The Balaban J connectivity index is 1.83. The average Bonchev–Trinajstić information content (AvgIpc) is 3.18. The van der Waals surface area contributed by atoms with Crippen LogP contribution in [0.5, 0.6) is 5.75 Å². The van der Waals surface area contributed by atoms with E-state index >= 15 is 0 Å². The van der Waals surface area contributed by atoms with Gasteiger partial charge in [0, 0.05) is 19.2 Å². The largest absolute Gasteiger partial charge is 0.573 e. The van der Waals surface area contributed by atoms with Gasteiger partial charge < -0.3 is 15.2 Å². The second-order valence-corrected chi connectivity index (χ2v) is 5.03. The molecule has 0 spiro atoms. The summed E-state index contributed by atoms with van der Waals surface area (Å²) in [4.78, 5) is 0. The molecule has 2 rings (SSSR count). The van der Waals surface area contributed by atoms with E-state index in [0.717, 1.165) is 5.56 Å². The predicted octanol–water partition coefficient (Wildman–Crippen LogP) is 2.84. The van der Waals surface area contributed by atoms with E-state index in [1.54, 1.807) is 12.1 Å². The zero-order valence-corrected chi connectivity index (χ0v) is 11.0. The highest BCUT2D eigenvalue weighted by Crippen LogP contribution is 2.34. The molecule has 1 aromatic rings. The summed E-state index contributed by atoms with van der Waals surface area (Å²) >= 11 is 0. The number of halogens is 3. The smallest absolute Gasteiger partial charge is 0.406 e. The molecule has 1 unspecified atom stereocenters. The first-order valence-corrected chi connectivity index (χ1v) is 6.67. The van der Waals surface area contributed by atoms with Gasteiger partial charge in [-0.25, -0.2) is 0 Å². The fourth-order valence-corrected chi connectivity index (χ4v) is 2.20. The second-order valence-electron chi connectivity index (χ2n) is 5.03. The number of alkyl halides is 3. The molecule has 1 atom stereocenters. The van der Waals surface area contributed by atoms with Crippen LogP contribution in [0.3, 0.4) is 0 Å². The van der Waals surface area contributed by atoms with E-state index in [9.17, 15) is 13.2 Å². The van der Waals surface area contributed by atoms with Crippen LogP contribution in [0.4, 0.5) is 13.2 Å². The van der Waals surface area contributed by atoms with Crippen molar-refractivity contribution < 1.29 is 23.0 Å². The van der Waals surface area contributed by atoms with Gasteiger partial charge in [0.25, 0.3) is 0 Å². The molecule has 0 saturated heterocycles. The van der Waals surface area contributed by atoms with E-state index in [1.165, 1.54) is 25.0 Å². The Morgan fingerprint density at radius 1 is 1.25 bits per heavy atom. The van der Waals surface area contributed by atoms with Crippen molar-refractivity contribution >= 4 is 0 Å². The van der Waals surface area contributed by atoms with Crippen LogP contribution in [-0.2, 0) is 6.54 Å². The lowest BCUT2D eigenvalue weighted by Crippen LogP contribution is -2.31. The third-order valence-electron chi connectivity index (χ3n) is 3.36. The van der Waals surface area contributed by atoms with E-state index in [2.05, 4.69) is 10.1 Å². The molecule has 2 N–H and O–H groups in total. The maximum Gasteiger partial charge on any atom is 0.573 e. The molecule has 6 heteroatoms. The lowest BCUT2D eigenvalue weighted by molar-refractivity contribution is -0.274. The molecule has 1 aliphatic carbocycles. The molecule has 0 heterocycles. The Morgan fingerprint density at radius 3 is 2.40 bits per heavy atom. The molecule has 1 saturated carbocycles. The molecule has 1 fully saturated rings. The number of nitrogens with one attached hydrogen (secondary N) is 1. The normalized spacial score (nSPS) is 17.0. The van der Waals surface area contributed by atoms with Crippen molar-refractivity contribution in [1.82, 2.24) is 5.32 Å². The number of benzene rings is 1. The van der Waals surface area contributed by atoms with Crippen molar-refractivity contribution in [2.24, 2.45) is 5.92 Å². The Kier molecular flexibility index (Phi) is 4.88. The van der Waals surface area contributed by atoms with Gasteiger partial charge in [0.2, 0.25) is 0 Å². The monoisotopic (exact) mass is 289 g/mol. The summed E-state index contributed by atoms with van der Waals surface area (Å²) in [5, 5.41) is 12.3. The fourth-order valence-electron chi connectivity index (χ4n) is 2.20. The van der Waals surface area contributed by atoms with Gasteiger partial charge in [-0.15, -0.1) is 13.2 Å². The van der Waals surface area contributed by atoms with Crippen LogP contribution < -0.4 is 10.1 Å². The Bertz CT molecular complexity index is 415. The number of hydrogen-bond acceptors (Lipinski definition) is 3. The van der Waals surface area contributed by atoms with E-state index in [4.69, 9.17) is 5.11 Å². The van der Waals surface area contributed by atoms with Crippen LogP contribution in [0, 0.1) is 5.92 Å². The maximum atomic E-state index is 12.0. The highest BCUT2D eigenvalue weighted by molar-refractivity contribution is 5.27. The molecular weight excluding hydrogens is 271 g/mol. The van der Waals surface area contributed by atoms with Gasteiger partial charge in [-0.1, -0.05) is 12.1 Å². The Labute approximate surface area is 115 Å². The molecule has 0 aliphatic heterocycles. The summed E-state index contributed by atoms with van der Waals surface area (Å²) in [6.07, 6.45) is -1.59. The zero-order chi connectivity index (χ0) is 14.6. The number of rotatable bonds is 7. The molecule has 20 heavy (non-hydrogen) atoms. The van der Waals surface area contributed by atoms with Crippen LogP contribution >= 0.6 is 0 Å². The third-order valence-corrected chi connectivity index (χ3v) is 3.36. The maximum absolute atomic E-state index is 12.0. The van der Waals surface area contributed by atoms with Crippen molar-refractivity contribution in [3.63, 3.8) is 0 Å². The average molecular weight is 289 g/mol. The van der Waals surface area contributed by atoms with E-state index < -0.39 is 6.36 Å². The van der Waals surface area contributed by atoms with E-state index in [0.29, 0.717) is 18.9 Å². The van der Waals surface area contributed by atoms with Crippen LogP contribution in [0.1, 0.15) is 24.8 Å². The van der Waals surface area contributed by atoms with Crippen molar-refractivity contribution in [3.8, 4) is 5.75 Å². The first-order chi connectivity index (χ1) is 9.48. The van der Waals surface area contributed by atoms with Gasteiger partial charge in [-0.3, -0.25) is 0 Å². The molecule has 112 valence electrons. The van der Waals surface area contributed by atoms with Crippen LogP contribution in [0.15, 0.2) is 24.3 Å². The molecule has 0 aromatic heterocycles. The molecule has 0 bridgehead atoms. The summed E-state index contributed by atoms with van der Waals surface area (Å²) in [6, 6.07) is 6.12. The molecule has 0 radical (unpaired) electrons. The van der Waals surface area contributed by atoms with Gasteiger partial charge in [-0.05, 0) is 42.9 Å². The van der Waals surface area contributed by atoms with Crippen molar-refractivity contribution in [3.05, 3.63) is 29.8 Å². The van der Waals surface area contributed by atoms with Crippen molar-refractivity contribution in [2.45, 2.75) is 38.2 Å². The molecule has 3 nitrogen and oxygen atoms in total. The summed E-state index contributed by atoms with van der Waals surface area (Å²) in [6.45, 7) is 0.722. The number of ether oxygens (including phenoxy) is 1. The first-order valence-electron chi connectivity index (χ1n) is 6.67. The predicted molar refractivity (Wildman–Crippen MR) is 68.2 cm³/mol. The van der Waals surface area contributed by atoms with Gasteiger partial charge >= 0.3 is 6.36 Å². The van der Waals surface area contributed by atoms with Gasteiger partial charge in [-0.2, -0.15) is 0 Å². The SMILES string of the molecule is OCCC(NCc1ccc(OC(F)(F)F)cc1)C1CC1. The van der Waals surface area contributed by atoms with Crippen molar-refractivity contribution in [1.29, 1.82) is 0 Å². The van der Waals surface area contributed by atoms with E-state index in [1.807, 2.05) is 0 Å². The fraction of sp³-hybridized carbons (Fsp3) is 0.571. The lowest BCUT2D eigenvalue weighted by Gasteiger charge is -2.17. The molecular formula is C14H18F3NO2. The zero-order valence-electron chi connectivity index (χ0n) is 11.0. The first kappa shape index (κ1) is 15.1. The lowest BCUT2D eigenvalue weighted by atomic mass is 10.1. The van der Waals surface area contributed by atoms with Crippen LogP contribution in [-0.4, -0.2) is 24.1 Å². The van der Waals surface area contributed by atoms with Crippen LogP contribution in [0.2, 0.25) is 0 Å². The standard InChI is InChI=1S/C14H18F3NO2/c15-14(16,17)20-12-5-1-10(2-6-12)9-18-13(7-8-19)11-3-4-11/h1-2,5-6,11,13,18-19H,3-4,7-9H2. The Hall–Kier alpha value is -1.27. The Morgan fingerprint density at radius 2 is 1.90 bits per heavy atom. The number of aliphatic hydroxyl groups is 1. The molecule has 1 aromatic carbocycles. The summed E-state index contributed by atoms with van der Waals surface area (Å²) in [5.74, 6) is 0.408. The molecule has 1 aliphatic rings. The molecule has 0 amide bonds. The minimum atomic E-state index is -4.65. The number of aliphatic hydroxyl groups excluding tert-OH is 1. The van der Waals surface area contributed by atoms with E-state index in [-0.39, 0.29) is 18.4 Å². The summed E-state index contributed by atoms with van der Waals surface area (Å²) in [5.41, 5.74) is 0.892. The third kappa shape index (κ3) is 5.02. The van der Waals surface area contributed by atoms with Gasteiger partial charge in [0.05, 0.1) is 0 Å². The minimum Gasteiger partial charge on any atom is -0.406 e. The van der Waals surface area contributed by atoms with Gasteiger partial charge in [0.1, 0.15) is 5.75 Å². The highest BCUT2D eigenvalue weighted by Gasteiger charge is 2.31. The quantitative estimate of drug-likeness (QED) is 0.811.